The first-order valence-electron chi connectivity index (χ1n) is 5.61. The summed E-state index contributed by atoms with van der Waals surface area (Å²) in [5.41, 5.74) is 7.80. The maximum absolute atomic E-state index is 10.3. The lowest BCUT2D eigenvalue weighted by Gasteiger charge is -2.26. The van der Waals surface area contributed by atoms with Gasteiger partial charge in [-0.3, -0.25) is 0 Å². The molecule has 0 aliphatic rings. The fourth-order valence-corrected chi connectivity index (χ4v) is 2.44. The van der Waals surface area contributed by atoms with Crippen LogP contribution in [0.25, 0.3) is 0 Å². The van der Waals surface area contributed by atoms with E-state index in [9.17, 15) is 5.11 Å². The highest BCUT2D eigenvalue weighted by Gasteiger charge is 2.23. The predicted octanol–water partition coefficient (Wildman–Crippen LogP) is 3.02. The molecule has 0 spiro atoms. The fraction of sp³-hybridized carbons (Fsp3) is 0.538. The number of aryl methyl sites for hydroxylation is 1. The third-order valence-corrected chi connectivity index (χ3v) is 3.58. The lowest BCUT2D eigenvalue weighted by molar-refractivity contribution is 0.0855. The van der Waals surface area contributed by atoms with Crippen LogP contribution in [0.4, 0.5) is 0 Å². The van der Waals surface area contributed by atoms with Gasteiger partial charge >= 0.3 is 0 Å². The van der Waals surface area contributed by atoms with E-state index in [0.717, 1.165) is 15.6 Å². The van der Waals surface area contributed by atoms with Crippen LogP contribution in [0, 0.1) is 18.8 Å². The molecular weight excluding hydrogens is 266 g/mol. The van der Waals surface area contributed by atoms with E-state index in [0.29, 0.717) is 12.5 Å². The molecule has 1 aromatic carbocycles. The molecule has 0 radical (unpaired) electrons. The summed E-state index contributed by atoms with van der Waals surface area (Å²) in [5, 5.41) is 10.3. The smallest absolute Gasteiger partial charge is 0.0835 e. The average molecular weight is 286 g/mol. The number of hydrogen-bond donors (Lipinski definition) is 2. The molecule has 0 aliphatic heterocycles. The molecule has 1 aromatic rings. The topological polar surface area (TPSA) is 46.2 Å². The third kappa shape index (κ3) is 3.06. The summed E-state index contributed by atoms with van der Waals surface area (Å²) < 4.78 is 1.04. The highest BCUT2D eigenvalue weighted by Crippen LogP contribution is 2.30. The van der Waals surface area contributed by atoms with Gasteiger partial charge in [-0.15, -0.1) is 0 Å². The Balaban J connectivity index is 2.99. The van der Waals surface area contributed by atoms with Crippen LogP contribution in [0.3, 0.4) is 0 Å². The normalized spacial score (nSPS) is 15.2. The molecule has 0 saturated carbocycles. The highest BCUT2D eigenvalue weighted by atomic mass is 79.9. The molecule has 0 amide bonds. The maximum Gasteiger partial charge on any atom is 0.0835 e. The van der Waals surface area contributed by atoms with Crippen molar-refractivity contribution in [3.05, 3.63) is 33.8 Å². The van der Waals surface area contributed by atoms with Gasteiger partial charge in [0, 0.05) is 10.4 Å². The van der Waals surface area contributed by atoms with E-state index in [2.05, 4.69) is 29.8 Å². The van der Waals surface area contributed by atoms with Crippen LogP contribution in [0.5, 0.6) is 0 Å². The number of aliphatic hydroxyl groups excluding tert-OH is 1. The van der Waals surface area contributed by atoms with Crippen molar-refractivity contribution in [3.8, 4) is 0 Å². The summed E-state index contributed by atoms with van der Waals surface area (Å²) in [7, 11) is 0. The van der Waals surface area contributed by atoms with E-state index < -0.39 is 6.10 Å². The maximum atomic E-state index is 10.3. The van der Waals surface area contributed by atoms with Crippen molar-refractivity contribution in [1.29, 1.82) is 0 Å². The molecular formula is C13H20BrNO. The highest BCUT2D eigenvalue weighted by molar-refractivity contribution is 9.10. The van der Waals surface area contributed by atoms with Crippen molar-refractivity contribution in [2.24, 2.45) is 17.6 Å². The Morgan fingerprint density at radius 2 is 2.00 bits per heavy atom. The van der Waals surface area contributed by atoms with Gasteiger partial charge < -0.3 is 10.8 Å². The summed E-state index contributed by atoms with van der Waals surface area (Å²) >= 11 is 3.42. The first-order chi connectivity index (χ1) is 7.47. The lowest BCUT2D eigenvalue weighted by atomic mass is 9.85. The first kappa shape index (κ1) is 13.7. The van der Waals surface area contributed by atoms with E-state index >= 15 is 0 Å². The van der Waals surface area contributed by atoms with Crippen molar-refractivity contribution in [2.75, 3.05) is 6.54 Å². The largest absolute Gasteiger partial charge is 0.388 e. The van der Waals surface area contributed by atoms with Gasteiger partial charge in [0.05, 0.1) is 6.10 Å². The van der Waals surface area contributed by atoms with Gasteiger partial charge in [-0.05, 0) is 42.6 Å². The Bertz CT molecular complexity index is 352. The molecule has 0 aromatic heterocycles. The van der Waals surface area contributed by atoms with Gasteiger partial charge in [-0.25, -0.2) is 0 Å². The van der Waals surface area contributed by atoms with Crippen molar-refractivity contribution in [1.82, 2.24) is 0 Å². The summed E-state index contributed by atoms with van der Waals surface area (Å²) in [4.78, 5) is 0. The van der Waals surface area contributed by atoms with Gasteiger partial charge in [-0.1, -0.05) is 35.8 Å². The van der Waals surface area contributed by atoms with Crippen LogP contribution in [-0.2, 0) is 0 Å². The Hall–Kier alpha value is -0.380. The van der Waals surface area contributed by atoms with E-state index in [1.807, 2.05) is 25.1 Å². The molecule has 2 nitrogen and oxygen atoms in total. The molecule has 0 aliphatic carbocycles. The molecule has 0 heterocycles. The molecule has 90 valence electrons. The van der Waals surface area contributed by atoms with Crippen molar-refractivity contribution in [2.45, 2.75) is 26.9 Å². The molecule has 2 atom stereocenters. The van der Waals surface area contributed by atoms with Gasteiger partial charge in [0.1, 0.15) is 0 Å². The average Bonchev–Trinajstić information content (AvgIpc) is 2.17. The van der Waals surface area contributed by atoms with Crippen LogP contribution < -0.4 is 5.73 Å². The molecule has 1 rings (SSSR count). The van der Waals surface area contributed by atoms with E-state index in [-0.39, 0.29) is 5.92 Å². The number of rotatable bonds is 4. The van der Waals surface area contributed by atoms with Gasteiger partial charge in [0.2, 0.25) is 0 Å². The Labute approximate surface area is 106 Å². The number of halogens is 1. The minimum Gasteiger partial charge on any atom is -0.388 e. The summed E-state index contributed by atoms with van der Waals surface area (Å²) in [6.07, 6.45) is -0.474. The first-order valence-corrected chi connectivity index (χ1v) is 6.40. The van der Waals surface area contributed by atoms with Crippen LogP contribution in [0.2, 0.25) is 0 Å². The number of aliphatic hydroxyl groups is 1. The van der Waals surface area contributed by atoms with Crippen LogP contribution in [0.15, 0.2) is 22.7 Å². The molecule has 3 heteroatoms. The summed E-state index contributed by atoms with van der Waals surface area (Å²) in [6.45, 7) is 6.70. The van der Waals surface area contributed by atoms with Crippen LogP contribution >= 0.6 is 15.9 Å². The number of nitrogens with two attached hydrogens (primary N) is 1. The molecule has 16 heavy (non-hydrogen) atoms. The van der Waals surface area contributed by atoms with Crippen molar-refractivity contribution >= 4 is 15.9 Å². The second-order valence-corrected chi connectivity index (χ2v) is 5.50. The van der Waals surface area contributed by atoms with Crippen LogP contribution in [-0.4, -0.2) is 11.7 Å². The zero-order valence-corrected chi connectivity index (χ0v) is 11.7. The van der Waals surface area contributed by atoms with E-state index in [1.54, 1.807) is 0 Å². The van der Waals surface area contributed by atoms with E-state index in [1.165, 1.54) is 0 Å². The van der Waals surface area contributed by atoms with E-state index in [4.69, 9.17) is 5.73 Å². The second-order valence-electron chi connectivity index (χ2n) is 4.59. The molecule has 3 N–H and O–H groups in total. The Morgan fingerprint density at radius 3 is 2.44 bits per heavy atom. The molecule has 0 fully saturated rings. The van der Waals surface area contributed by atoms with Gasteiger partial charge in [-0.2, -0.15) is 0 Å². The minimum absolute atomic E-state index is 0.111. The quantitative estimate of drug-likeness (QED) is 0.893. The lowest BCUT2D eigenvalue weighted by Crippen LogP contribution is -2.27. The monoisotopic (exact) mass is 285 g/mol. The zero-order valence-electron chi connectivity index (χ0n) is 10.1. The summed E-state index contributed by atoms with van der Waals surface area (Å²) in [5.74, 6) is 0.489. The third-order valence-electron chi connectivity index (χ3n) is 3.08. The Kier molecular flexibility index (Phi) is 4.96. The van der Waals surface area contributed by atoms with Crippen molar-refractivity contribution in [3.63, 3.8) is 0 Å². The van der Waals surface area contributed by atoms with Gasteiger partial charge in [0.25, 0.3) is 0 Å². The minimum atomic E-state index is -0.474. The van der Waals surface area contributed by atoms with Crippen molar-refractivity contribution < 1.29 is 5.11 Å². The number of benzene rings is 1. The van der Waals surface area contributed by atoms with Gasteiger partial charge in [0.15, 0.2) is 0 Å². The van der Waals surface area contributed by atoms with Crippen LogP contribution in [0.1, 0.15) is 31.1 Å². The standard InChI is InChI=1S/C13H20BrNO/c1-8(2)12(7-15)13(16)11-5-4-10(14)6-9(11)3/h4-6,8,12-13,16H,7,15H2,1-3H3. The predicted molar refractivity (Wildman–Crippen MR) is 71.2 cm³/mol. The Morgan fingerprint density at radius 1 is 1.38 bits per heavy atom. The summed E-state index contributed by atoms with van der Waals surface area (Å²) in [6, 6.07) is 5.95. The zero-order chi connectivity index (χ0) is 12.3. The molecule has 0 bridgehead atoms. The number of hydrogen-bond acceptors (Lipinski definition) is 2. The fourth-order valence-electron chi connectivity index (χ4n) is 1.97. The molecule has 0 saturated heterocycles. The second kappa shape index (κ2) is 5.80. The molecule has 2 unspecified atom stereocenters. The SMILES string of the molecule is Cc1cc(Br)ccc1C(O)C(CN)C(C)C.